The number of urea groups is 1. The van der Waals surface area contributed by atoms with Crippen LogP contribution in [0, 0.1) is 11.7 Å². The van der Waals surface area contributed by atoms with Crippen LogP contribution in [0.3, 0.4) is 0 Å². The molecule has 1 aromatic rings. The monoisotopic (exact) mass is 503 g/mol. The summed E-state index contributed by atoms with van der Waals surface area (Å²) in [6, 6.07) is 3.96. The van der Waals surface area contributed by atoms with Crippen molar-refractivity contribution in [2.45, 2.75) is 75.7 Å². The van der Waals surface area contributed by atoms with E-state index in [-0.39, 0.29) is 41.7 Å². The van der Waals surface area contributed by atoms with Gasteiger partial charge >= 0.3 is 6.03 Å². The van der Waals surface area contributed by atoms with Crippen LogP contribution in [0.15, 0.2) is 24.3 Å². The number of hydrogen-bond acceptors (Lipinski definition) is 5. The zero-order chi connectivity index (χ0) is 25.8. The highest BCUT2D eigenvalue weighted by molar-refractivity contribution is 5.90. The highest BCUT2D eigenvalue weighted by atomic mass is 19.1. The van der Waals surface area contributed by atoms with Crippen LogP contribution in [0.4, 0.5) is 9.18 Å². The number of carbonyl (C=O) groups excluding carboxylic acids is 3. The van der Waals surface area contributed by atoms with Crippen molar-refractivity contribution in [3.8, 4) is 5.75 Å². The standard InChI is InChI=1S/C26H38FN5O4/c1-16(28-2)24(33)30-22(17-7-5-4-6-8-17)25(34)31-14-13-20-23(31)21(15-32(20)26(35)29-3)36-19-11-9-18(27)10-12-19/h9-12,16-17,20-23,28H,4-8,13-15H2,1-3H3,(H,29,35)(H,30,33)/t16-,20+,21-,22-,23-/m0/s1. The Morgan fingerprint density at radius 3 is 2.36 bits per heavy atom. The third kappa shape index (κ3) is 5.43. The molecule has 0 spiro atoms. The predicted molar refractivity (Wildman–Crippen MR) is 133 cm³/mol. The molecular formula is C26H38FN5O4. The van der Waals surface area contributed by atoms with E-state index in [0.717, 1.165) is 32.1 Å². The lowest BCUT2D eigenvalue weighted by Gasteiger charge is -2.36. The Hall–Kier alpha value is -2.88. The van der Waals surface area contributed by atoms with Crippen molar-refractivity contribution in [1.29, 1.82) is 0 Å². The number of nitrogens with zero attached hydrogens (tertiary/aromatic N) is 2. The SMILES string of the molecule is CNC(=O)N1C[C@H](Oc2ccc(F)cc2)[C@@H]2[C@H]1CCN2C(=O)[C@@H](NC(=O)[C@H](C)NC)C1CCCCC1. The third-order valence-electron chi connectivity index (χ3n) is 7.95. The van der Waals surface area contributed by atoms with Crippen molar-refractivity contribution in [2.24, 2.45) is 5.92 Å². The molecule has 36 heavy (non-hydrogen) atoms. The maximum atomic E-state index is 14.1. The molecule has 2 aliphatic heterocycles. The van der Waals surface area contributed by atoms with Crippen LogP contribution in [0.5, 0.6) is 5.75 Å². The van der Waals surface area contributed by atoms with Gasteiger partial charge in [-0.05, 0) is 63.4 Å². The first-order chi connectivity index (χ1) is 17.3. The molecule has 0 bridgehead atoms. The van der Waals surface area contributed by atoms with E-state index in [1.807, 2.05) is 4.90 Å². The summed E-state index contributed by atoms with van der Waals surface area (Å²) in [6.45, 7) is 2.56. The summed E-state index contributed by atoms with van der Waals surface area (Å²) in [5, 5.41) is 8.68. The number of benzene rings is 1. The Kier molecular flexibility index (Phi) is 8.33. The Morgan fingerprint density at radius 2 is 1.72 bits per heavy atom. The minimum Gasteiger partial charge on any atom is -0.486 e. The van der Waals surface area contributed by atoms with Crippen LogP contribution < -0.4 is 20.7 Å². The number of likely N-dealkylation sites (tertiary alicyclic amines) is 2. The highest BCUT2D eigenvalue weighted by Crippen LogP contribution is 2.36. The first-order valence-electron chi connectivity index (χ1n) is 13.0. The van der Waals surface area contributed by atoms with E-state index in [0.29, 0.717) is 25.3 Å². The number of carbonyl (C=O) groups is 3. The summed E-state index contributed by atoms with van der Waals surface area (Å²) in [4.78, 5) is 43.1. The van der Waals surface area contributed by atoms with Gasteiger partial charge in [-0.15, -0.1) is 0 Å². The summed E-state index contributed by atoms with van der Waals surface area (Å²) in [5.41, 5.74) is 0. The van der Waals surface area contributed by atoms with Crippen molar-refractivity contribution in [2.75, 3.05) is 27.2 Å². The largest absolute Gasteiger partial charge is 0.486 e. The molecule has 1 saturated carbocycles. The average Bonchev–Trinajstić information content (AvgIpc) is 3.49. The molecule has 4 rings (SSSR count). The summed E-state index contributed by atoms with van der Waals surface area (Å²) in [5.74, 6) is -0.116. The number of ether oxygens (including phenoxy) is 1. The molecular weight excluding hydrogens is 465 g/mol. The summed E-state index contributed by atoms with van der Waals surface area (Å²) in [6.07, 6.45) is 5.17. The Balaban J connectivity index is 1.59. The topological polar surface area (TPSA) is 103 Å². The lowest BCUT2D eigenvalue weighted by atomic mass is 9.83. The van der Waals surface area contributed by atoms with Crippen LogP contribution in [0.2, 0.25) is 0 Å². The van der Waals surface area contributed by atoms with Crippen LogP contribution in [0.1, 0.15) is 45.4 Å². The Bertz CT molecular complexity index is 939. The highest BCUT2D eigenvalue weighted by Gasteiger charge is 2.54. The first-order valence-corrected chi connectivity index (χ1v) is 13.0. The maximum Gasteiger partial charge on any atom is 0.317 e. The van der Waals surface area contributed by atoms with E-state index < -0.39 is 18.2 Å². The van der Waals surface area contributed by atoms with Gasteiger partial charge in [-0.25, -0.2) is 9.18 Å². The van der Waals surface area contributed by atoms with Gasteiger partial charge in [0, 0.05) is 13.6 Å². The van der Waals surface area contributed by atoms with E-state index in [9.17, 15) is 18.8 Å². The molecule has 3 aliphatic rings. The number of hydrogen-bond donors (Lipinski definition) is 3. The molecule has 10 heteroatoms. The minimum absolute atomic E-state index is 0.0752. The van der Waals surface area contributed by atoms with E-state index in [1.54, 1.807) is 38.1 Å². The Labute approximate surface area is 212 Å². The van der Waals surface area contributed by atoms with E-state index in [2.05, 4.69) is 16.0 Å². The molecule has 5 atom stereocenters. The molecule has 2 heterocycles. The van der Waals surface area contributed by atoms with E-state index in [1.165, 1.54) is 12.1 Å². The fourth-order valence-electron chi connectivity index (χ4n) is 5.89. The summed E-state index contributed by atoms with van der Waals surface area (Å²) >= 11 is 0. The smallest absolute Gasteiger partial charge is 0.317 e. The molecule has 9 nitrogen and oxygen atoms in total. The molecule has 1 aromatic carbocycles. The molecule has 0 radical (unpaired) electrons. The van der Waals surface area contributed by atoms with Gasteiger partial charge in [0.05, 0.1) is 24.7 Å². The molecule has 4 amide bonds. The lowest BCUT2D eigenvalue weighted by Crippen LogP contribution is -2.58. The summed E-state index contributed by atoms with van der Waals surface area (Å²) in [7, 11) is 3.30. The van der Waals surface area contributed by atoms with Crippen molar-refractivity contribution >= 4 is 17.8 Å². The van der Waals surface area contributed by atoms with Gasteiger partial charge in [-0.2, -0.15) is 0 Å². The lowest BCUT2D eigenvalue weighted by molar-refractivity contribution is -0.140. The number of fused-ring (bicyclic) bond motifs is 1. The van der Waals surface area contributed by atoms with E-state index >= 15 is 0 Å². The average molecular weight is 504 g/mol. The molecule has 3 N–H and O–H groups in total. The van der Waals surface area contributed by atoms with Crippen molar-refractivity contribution in [3.05, 3.63) is 30.1 Å². The number of amides is 4. The zero-order valence-corrected chi connectivity index (χ0v) is 21.3. The zero-order valence-electron chi connectivity index (χ0n) is 21.3. The molecule has 0 aromatic heterocycles. The third-order valence-corrected chi connectivity index (χ3v) is 7.95. The second-order valence-electron chi connectivity index (χ2n) is 10.1. The molecule has 0 unspecified atom stereocenters. The fraction of sp³-hybridized carbons (Fsp3) is 0.654. The number of rotatable bonds is 7. The number of nitrogens with one attached hydrogen (secondary N) is 3. The second kappa shape index (κ2) is 11.5. The summed E-state index contributed by atoms with van der Waals surface area (Å²) < 4.78 is 19.7. The van der Waals surface area contributed by atoms with Gasteiger partial charge in [0.1, 0.15) is 23.7 Å². The van der Waals surface area contributed by atoms with Crippen molar-refractivity contribution < 1.29 is 23.5 Å². The number of halogens is 1. The van der Waals surface area contributed by atoms with Gasteiger partial charge in [0.15, 0.2) is 0 Å². The van der Waals surface area contributed by atoms with Crippen LogP contribution in [-0.4, -0.2) is 85.1 Å². The van der Waals surface area contributed by atoms with Gasteiger partial charge in [0.2, 0.25) is 11.8 Å². The molecule has 198 valence electrons. The molecule has 2 saturated heterocycles. The fourth-order valence-corrected chi connectivity index (χ4v) is 5.89. The van der Waals surface area contributed by atoms with Gasteiger partial charge in [-0.1, -0.05) is 19.3 Å². The second-order valence-corrected chi connectivity index (χ2v) is 10.1. The number of likely N-dealkylation sites (N-methyl/N-ethyl adjacent to an activating group) is 1. The van der Waals surface area contributed by atoms with Crippen LogP contribution in [0.25, 0.3) is 0 Å². The normalized spacial score (nSPS) is 25.7. The van der Waals surface area contributed by atoms with Crippen molar-refractivity contribution in [3.63, 3.8) is 0 Å². The maximum absolute atomic E-state index is 14.1. The van der Waals surface area contributed by atoms with E-state index in [4.69, 9.17) is 4.74 Å². The Morgan fingerprint density at radius 1 is 1.03 bits per heavy atom. The van der Waals surface area contributed by atoms with Crippen LogP contribution >= 0.6 is 0 Å². The van der Waals surface area contributed by atoms with Gasteiger partial charge in [0.25, 0.3) is 0 Å². The minimum atomic E-state index is -0.618. The van der Waals surface area contributed by atoms with Crippen molar-refractivity contribution in [1.82, 2.24) is 25.8 Å². The molecule has 1 aliphatic carbocycles. The quantitative estimate of drug-likeness (QED) is 0.527. The molecule has 3 fully saturated rings. The predicted octanol–water partition coefficient (Wildman–Crippen LogP) is 1.87. The first kappa shape index (κ1) is 26.2. The van der Waals surface area contributed by atoms with Gasteiger partial charge < -0.3 is 30.5 Å². The van der Waals surface area contributed by atoms with Gasteiger partial charge in [-0.3, -0.25) is 9.59 Å². The van der Waals surface area contributed by atoms with Crippen LogP contribution in [-0.2, 0) is 9.59 Å².